The van der Waals surface area contributed by atoms with Crippen molar-refractivity contribution in [2.24, 2.45) is 5.10 Å². The van der Waals surface area contributed by atoms with Gasteiger partial charge in [-0.15, -0.1) is 0 Å². The molecule has 29 heavy (non-hydrogen) atoms. The molecule has 1 saturated carbocycles. The van der Waals surface area contributed by atoms with E-state index in [2.05, 4.69) is 7.05 Å². The molecule has 154 valence electrons. The van der Waals surface area contributed by atoms with Crippen LogP contribution in [0.15, 0.2) is 52.2 Å². The first kappa shape index (κ1) is 19.7. The Balaban J connectivity index is 1.53. The lowest BCUT2D eigenvalue weighted by Crippen LogP contribution is -3.14. The number of hydrogen-bond acceptors (Lipinski definition) is 4. The summed E-state index contributed by atoms with van der Waals surface area (Å²) in [6, 6.07) is 12.0. The van der Waals surface area contributed by atoms with Crippen molar-refractivity contribution in [1.29, 1.82) is 0 Å². The van der Waals surface area contributed by atoms with Crippen LogP contribution in [0.25, 0.3) is 0 Å². The SMILES string of the molecule is COc1ccc(C2=NN(C(=O)C[NH+](C)C3CCCCC3)[C@H](c3ccco3)C2)cc1. The van der Waals surface area contributed by atoms with E-state index in [9.17, 15) is 4.79 Å². The lowest BCUT2D eigenvalue weighted by molar-refractivity contribution is -0.899. The molecule has 1 amide bonds. The second-order valence-electron chi connectivity index (χ2n) is 8.11. The fourth-order valence-corrected chi connectivity index (χ4v) is 4.46. The summed E-state index contributed by atoms with van der Waals surface area (Å²) in [6.07, 6.45) is 8.59. The first-order valence-corrected chi connectivity index (χ1v) is 10.6. The molecule has 2 atom stereocenters. The lowest BCUT2D eigenvalue weighted by Gasteiger charge is -2.29. The first-order chi connectivity index (χ1) is 14.2. The zero-order valence-corrected chi connectivity index (χ0v) is 17.3. The maximum Gasteiger partial charge on any atom is 0.298 e. The summed E-state index contributed by atoms with van der Waals surface area (Å²) in [7, 11) is 3.79. The molecule has 1 fully saturated rings. The molecule has 2 aromatic rings. The average Bonchev–Trinajstić information content (AvgIpc) is 3.44. The van der Waals surface area contributed by atoms with Gasteiger partial charge in [-0.2, -0.15) is 5.10 Å². The normalized spacial score (nSPS) is 21.1. The number of quaternary nitrogens is 1. The molecule has 4 rings (SSSR count). The number of rotatable bonds is 6. The van der Waals surface area contributed by atoms with E-state index in [-0.39, 0.29) is 11.9 Å². The van der Waals surface area contributed by atoms with Crippen molar-refractivity contribution in [1.82, 2.24) is 5.01 Å². The maximum absolute atomic E-state index is 13.2. The third-order valence-corrected chi connectivity index (χ3v) is 6.19. The molecule has 0 spiro atoms. The van der Waals surface area contributed by atoms with E-state index >= 15 is 0 Å². The van der Waals surface area contributed by atoms with E-state index in [0.29, 0.717) is 19.0 Å². The van der Waals surface area contributed by atoms with Crippen LogP contribution in [0, 0.1) is 0 Å². The smallest absolute Gasteiger partial charge is 0.298 e. The van der Waals surface area contributed by atoms with Crippen LogP contribution in [0.5, 0.6) is 5.75 Å². The highest BCUT2D eigenvalue weighted by atomic mass is 16.5. The van der Waals surface area contributed by atoms with E-state index in [1.165, 1.54) is 37.0 Å². The number of ether oxygens (including phenoxy) is 1. The van der Waals surface area contributed by atoms with Crippen LogP contribution in [0.1, 0.15) is 55.9 Å². The molecule has 2 aliphatic rings. The Labute approximate surface area is 172 Å². The molecule has 1 aromatic carbocycles. The molecule has 1 unspecified atom stereocenters. The van der Waals surface area contributed by atoms with Crippen molar-refractivity contribution in [3.8, 4) is 5.75 Å². The van der Waals surface area contributed by atoms with Gasteiger partial charge in [0.2, 0.25) is 0 Å². The van der Waals surface area contributed by atoms with Gasteiger partial charge < -0.3 is 14.1 Å². The fourth-order valence-electron chi connectivity index (χ4n) is 4.46. The van der Waals surface area contributed by atoms with Crippen molar-refractivity contribution < 1.29 is 18.8 Å². The molecule has 1 N–H and O–H groups in total. The first-order valence-electron chi connectivity index (χ1n) is 10.6. The van der Waals surface area contributed by atoms with Gasteiger partial charge in [0.15, 0.2) is 6.54 Å². The van der Waals surface area contributed by atoms with Gasteiger partial charge in [0.25, 0.3) is 5.91 Å². The number of hydrogen-bond donors (Lipinski definition) is 1. The molecule has 0 radical (unpaired) electrons. The standard InChI is InChI=1S/C23H29N3O3/c1-25(18-7-4-3-5-8-18)16-23(27)26-21(22-9-6-14-29-22)15-20(24-26)17-10-12-19(28-2)13-11-17/h6,9-14,18,21H,3-5,7-8,15-16H2,1-2H3/p+1/t21-/m0/s1. The van der Waals surface area contributed by atoms with Gasteiger partial charge in [0.05, 0.1) is 32.2 Å². The van der Waals surface area contributed by atoms with E-state index in [1.54, 1.807) is 18.4 Å². The second kappa shape index (κ2) is 8.82. The number of likely N-dealkylation sites (N-methyl/N-ethyl adjacent to an activating group) is 1. The van der Waals surface area contributed by atoms with Crippen LogP contribution in [0.3, 0.4) is 0 Å². The van der Waals surface area contributed by atoms with Gasteiger partial charge >= 0.3 is 0 Å². The molecule has 1 aliphatic carbocycles. The fraction of sp³-hybridized carbons (Fsp3) is 0.478. The molecule has 2 heterocycles. The zero-order valence-electron chi connectivity index (χ0n) is 17.3. The third-order valence-electron chi connectivity index (χ3n) is 6.19. The molecular formula is C23H30N3O3+. The van der Waals surface area contributed by atoms with Gasteiger partial charge in [0, 0.05) is 6.42 Å². The summed E-state index contributed by atoms with van der Waals surface area (Å²) in [5.41, 5.74) is 1.91. The summed E-state index contributed by atoms with van der Waals surface area (Å²) < 4.78 is 10.9. The van der Waals surface area contributed by atoms with Crippen molar-refractivity contribution in [2.45, 2.75) is 50.6 Å². The van der Waals surface area contributed by atoms with Gasteiger partial charge in [0.1, 0.15) is 17.6 Å². The number of amides is 1. The summed E-state index contributed by atoms with van der Waals surface area (Å²) in [5.74, 6) is 1.64. The van der Waals surface area contributed by atoms with Crippen LogP contribution in [0.4, 0.5) is 0 Å². The number of benzene rings is 1. The summed E-state index contributed by atoms with van der Waals surface area (Å²) in [5, 5.41) is 6.38. The number of methoxy groups -OCH3 is 1. The van der Waals surface area contributed by atoms with Crippen LogP contribution >= 0.6 is 0 Å². The number of carbonyl (C=O) groups excluding carboxylic acids is 1. The predicted molar refractivity (Wildman–Crippen MR) is 111 cm³/mol. The maximum atomic E-state index is 13.2. The van der Waals surface area contributed by atoms with Crippen molar-refractivity contribution in [3.63, 3.8) is 0 Å². The summed E-state index contributed by atoms with van der Waals surface area (Å²) >= 11 is 0. The van der Waals surface area contributed by atoms with E-state index < -0.39 is 0 Å². The van der Waals surface area contributed by atoms with Gasteiger partial charge in [-0.05, 0) is 67.6 Å². The molecule has 6 heteroatoms. The number of furan rings is 1. The Hall–Kier alpha value is -2.60. The predicted octanol–water partition coefficient (Wildman–Crippen LogP) is 2.81. The van der Waals surface area contributed by atoms with Crippen LogP contribution < -0.4 is 9.64 Å². The second-order valence-corrected chi connectivity index (χ2v) is 8.11. The Morgan fingerprint density at radius 3 is 2.62 bits per heavy atom. The Morgan fingerprint density at radius 2 is 1.97 bits per heavy atom. The zero-order chi connectivity index (χ0) is 20.2. The van der Waals surface area contributed by atoms with E-state index in [0.717, 1.165) is 22.8 Å². The molecule has 6 nitrogen and oxygen atoms in total. The van der Waals surface area contributed by atoms with Crippen molar-refractivity contribution >= 4 is 11.6 Å². The topological polar surface area (TPSA) is 59.5 Å². The van der Waals surface area contributed by atoms with Crippen LogP contribution in [-0.4, -0.2) is 43.4 Å². The summed E-state index contributed by atoms with van der Waals surface area (Å²) in [6.45, 7) is 0.460. The van der Waals surface area contributed by atoms with Gasteiger partial charge in [-0.1, -0.05) is 6.42 Å². The molecule has 0 saturated heterocycles. The minimum Gasteiger partial charge on any atom is -0.497 e. The largest absolute Gasteiger partial charge is 0.497 e. The molecule has 1 aliphatic heterocycles. The number of hydrazone groups is 1. The highest BCUT2D eigenvalue weighted by Gasteiger charge is 2.36. The molecule has 1 aromatic heterocycles. The minimum atomic E-state index is -0.186. The number of carbonyl (C=O) groups is 1. The quantitative estimate of drug-likeness (QED) is 0.817. The molecular weight excluding hydrogens is 366 g/mol. The highest BCUT2D eigenvalue weighted by Crippen LogP contribution is 2.33. The van der Waals surface area contributed by atoms with Crippen molar-refractivity contribution in [2.75, 3.05) is 20.7 Å². The minimum absolute atomic E-state index is 0.0537. The molecule has 0 bridgehead atoms. The van der Waals surface area contributed by atoms with Gasteiger partial charge in [-0.3, -0.25) is 4.79 Å². The van der Waals surface area contributed by atoms with E-state index in [4.69, 9.17) is 14.3 Å². The lowest BCUT2D eigenvalue weighted by atomic mass is 9.94. The van der Waals surface area contributed by atoms with E-state index in [1.807, 2.05) is 36.4 Å². The highest BCUT2D eigenvalue weighted by molar-refractivity contribution is 6.03. The Bertz CT molecular complexity index is 839. The summed E-state index contributed by atoms with van der Waals surface area (Å²) in [4.78, 5) is 14.5. The number of nitrogens with zero attached hydrogens (tertiary/aromatic N) is 2. The van der Waals surface area contributed by atoms with Crippen LogP contribution in [0.2, 0.25) is 0 Å². The van der Waals surface area contributed by atoms with Gasteiger partial charge in [-0.25, -0.2) is 5.01 Å². The van der Waals surface area contributed by atoms with Crippen molar-refractivity contribution in [3.05, 3.63) is 54.0 Å². The monoisotopic (exact) mass is 396 g/mol. The average molecular weight is 397 g/mol. The number of nitrogens with one attached hydrogen (secondary N) is 1. The van der Waals surface area contributed by atoms with Crippen LogP contribution in [-0.2, 0) is 4.79 Å². The Kier molecular flexibility index (Phi) is 6.00. The Morgan fingerprint density at radius 1 is 1.21 bits per heavy atom. The third kappa shape index (κ3) is 4.37.